The van der Waals surface area contributed by atoms with Gasteiger partial charge >= 0.3 is 0 Å². The van der Waals surface area contributed by atoms with Gasteiger partial charge in [0.15, 0.2) is 0 Å². The quantitative estimate of drug-likeness (QED) is 0.744. The van der Waals surface area contributed by atoms with Crippen LogP contribution in [0.5, 0.6) is 0 Å². The van der Waals surface area contributed by atoms with Gasteiger partial charge in [-0.25, -0.2) is 4.90 Å². The largest absolute Gasteiger partial charge is 0.369 e. The smallest absolute Gasteiger partial charge is 0.251 e. The number of carbonyl (C=O) groups excluding carboxylic acids is 2. The van der Waals surface area contributed by atoms with Crippen LogP contribution in [0.3, 0.4) is 0 Å². The fraction of sp³-hybridized carbons (Fsp3) is 0.364. The molecular formula is C22H24ClN3O2. The first-order valence-electron chi connectivity index (χ1n) is 9.62. The van der Waals surface area contributed by atoms with Crippen molar-refractivity contribution in [2.45, 2.75) is 26.3 Å². The molecule has 5 nitrogen and oxygen atoms in total. The zero-order valence-electron chi connectivity index (χ0n) is 16.2. The average Bonchev–Trinajstić information content (AvgIpc) is 2.97. The second-order valence-corrected chi connectivity index (χ2v) is 8.01. The monoisotopic (exact) mass is 397 g/mol. The molecule has 1 atom stereocenters. The number of nitrogens with zero attached hydrogens (tertiary/aromatic N) is 3. The number of piperazine rings is 1. The number of imide groups is 1. The lowest BCUT2D eigenvalue weighted by atomic mass is 10.1. The van der Waals surface area contributed by atoms with Gasteiger partial charge in [-0.2, -0.15) is 0 Å². The lowest BCUT2D eigenvalue weighted by molar-refractivity contribution is -0.123. The summed E-state index contributed by atoms with van der Waals surface area (Å²) in [6.07, 6.45) is 0.257. The van der Waals surface area contributed by atoms with Crippen molar-refractivity contribution in [2.24, 2.45) is 0 Å². The second-order valence-electron chi connectivity index (χ2n) is 7.58. The van der Waals surface area contributed by atoms with E-state index in [9.17, 15) is 9.59 Å². The maximum Gasteiger partial charge on any atom is 0.251 e. The molecule has 0 unspecified atom stereocenters. The first-order valence-corrected chi connectivity index (χ1v) is 10.0. The van der Waals surface area contributed by atoms with E-state index in [1.165, 1.54) is 4.90 Å². The van der Waals surface area contributed by atoms with Crippen molar-refractivity contribution in [1.82, 2.24) is 4.90 Å². The number of rotatable bonds is 3. The molecule has 2 amide bonds. The first kappa shape index (κ1) is 19.0. The van der Waals surface area contributed by atoms with E-state index in [-0.39, 0.29) is 24.3 Å². The number of hydrogen-bond donors (Lipinski definition) is 0. The van der Waals surface area contributed by atoms with Crippen molar-refractivity contribution in [2.75, 3.05) is 36.0 Å². The van der Waals surface area contributed by atoms with Gasteiger partial charge in [-0.1, -0.05) is 29.3 Å². The molecule has 2 aromatic carbocycles. The Bertz CT molecular complexity index is 904. The highest BCUT2D eigenvalue weighted by molar-refractivity contribution is 6.30. The van der Waals surface area contributed by atoms with Crippen molar-refractivity contribution in [3.63, 3.8) is 0 Å². The average molecular weight is 398 g/mol. The number of anilines is 2. The first-order chi connectivity index (χ1) is 13.4. The summed E-state index contributed by atoms with van der Waals surface area (Å²) in [6, 6.07) is 13.3. The molecule has 4 rings (SSSR count). The molecule has 2 saturated heterocycles. The Hall–Kier alpha value is -2.37. The minimum atomic E-state index is -0.361. The summed E-state index contributed by atoms with van der Waals surface area (Å²) >= 11 is 5.97. The van der Waals surface area contributed by atoms with Crippen molar-refractivity contribution >= 4 is 34.8 Å². The van der Waals surface area contributed by atoms with E-state index in [4.69, 9.17) is 11.6 Å². The van der Waals surface area contributed by atoms with Gasteiger partial charge in [-0.3, -0.25) is 14.5 Å². The molecule has 2 aliphatic heterocycles. The zero-order valence-corrected chi connectivity index (χ0v) is 16.9. The predicted molar refractivity (Wildman–Crippen MR) is 112 cm³/mol. The summed E-state index contributed by atoms with van der Waals surface area (Å²) < 4.78 is 0. The summed E-state index contributed by atoms with van der Waals surface area (Å²) in [5.41, 5.74) is 3.92. The van der Waals surface area contributed by atoms with Crippen LogP contribution in [0.25, 0.3) is 0 Å². The number of carbonyl (C=O) groups is 2. The Balaban J connectivity index is 1.45. The lowest BCUT2D eigenvalue weighted by Crippen LogP contribution is -2.52. The van der Waals surface area contributed by atoms with Crippen LogP contribution >= 0.6 is 11.6 Å². The summed E-state index contributed by atoms with van der Waals surface area (Å²) in [5.74, 6) is -0.209. The number of aryl methyl sites for hydroxylation is 2. The van der Waals surface area contributed by atoms with Gasteiger partial charge in [0.05, 0.1) is 18.2 Å². The van der Waals surface area contributed by atoms with Crippen molar-refractivity contribution in [3.05, 3.63) is 58.6 Å². The van der Waals surface area contributed by atoms with Crippen LogP contribution in [-0.2, 0) is 9.59 Å². The van der Waals surface area contributed by atoms with E-state index in [2.05, 4.69) is 9.80 Å². The van der Waals surface area contributed by atoms with Crippen molar-refractivity contribution in [3.8, 4) is 0 Å². The van der Waals surface area contributed by atoms with Crippen LogP contribution in [0.1, 0.15) is 17.5 Å². The maximum absolute atomic E-state index is 13.1. The van der Waals surface area contributed by atoms with E-state index < -0.39 is 0 Å². The van der Waals surface area contributed by atoms with Gasteiger partial charge in [0, 0.05) is 36.9 Å². The third-order valence-electron chi connectivity index (χ3n) is 5.66. The molecular weight excluding hydrogens is 374 g/mol. The highest BCUT2D eigenvalue weighted by Gasteiger charge is 2.43. The molecule has 0 radical (unpaired) electrons. The third kappa shape index (κ3) is 3.52. The maximum atomic E-state index is 13.1. The molecule has 146 valence electrons. The molecule has 2 heterocycles. The molecule has 0 saturated carbocycles. The van der Waals surface area contributed by atoms with Crippen molar-refractivity contribution < 1.29 is 9.59 Å². The van der Waals surface area contributed by atoms with Crippen LogP contribution in [-0.4, -0.2) is 48.9 Å². The van der Waals surface area contributed by atoms with Gasteiger partial charge in [0.25, 0.3) is 5.91 Å². The number of amides is 2. The van der Waals surface area contributed by atoms with Crippen LogP contribution in [0.2, 0.25) is 5.02 Å². The summed E-state index contributed by atoms with van der Waals surface area (Å²) in [5, 5.41) is 0.726. The fourth-order valence-electron chi connectivity index (χ4n) is 4.15. The number of halogens is 1. The van der Waals surface area contributed by atoms with Gasteiger partial charge in [0.2, 0.25) is 5.91 Å². The third-order valence-corrected chi connectivity index (χ3v) is 5.91. The van der Waals surface area contributed by atoms with E-state index >= 15 is 0 Å². The minimum absolute atomic E-state index is 0.100. The highest BCUT2D eigenvalue weighted by Crippen LogP contribution is 2.30. The van der Waals surface area contributed by atoms with Crippen LogP contribution in [0, 0.1) is 13.8 Å². The van der Waals surface area contributed by atoms with E-state index in [0.717, 1.165) is 48.0 Å². The van der Waals surface area contributed by atoms with Gasteiger partial charge in [-0.05, 0) is 49.7 Å². The van der Waals surface area contributed by atoms with Crippen molar-refractivity contribution in [1.29, 1.82) is 0 Å². The second kappa shape index (κ2) is 7.57. The Morgan fingerprint density at radius 3 is 2.25 bits per heavy atom. The molecule has 0 aliphatic carbocycles. The topological polar surface area (TPSA) is 43.9 Å². The minimum Gasteiger partial charge on any atom is -0.369 e. The Labute approximate surface area is 170 Å². The van der Waals surface area contributed by atoms with Gasteiger partial charge in [0.1, 0.15) is 0 Å². The molecule has 0 bridgehead atoms. The molecule has 6 heteroatoms. The molecule has 2 aromatic rings. The molecule has 2 aliphatic rings. The Morgan fingerprint density at radius 2 is 1.61 bits per heavy atom. The lowest BCUT2D eigenvalue weighted by Gasteiger charge is -2.38. The van der Waals surface area contributed by atoms with Crippen LogP contribution < -0.4 is 9.80 Å². The van der Waals surface area contributed by atoms with Crippen LogP contribution in [0.4, 0.5) is 11.4 Å². The van der Waals surface area contributed by atoms with Crippen LogP contribution in [0.15, 0.2) is 42.5 Å². The van der Waals surface area contributed by atoms with E-state index in [0.29, 0.717) is 5.69 Å². The summed E-state index contributed by atoms with van der Waals surface area (Å²) in [7, 11) is 0. The number of benzene rings is 2. The Morgan fingerprint density at radius 1 is 0.929 bits per heavy atom. The SMILES string of the molecule is Cc1ccc(N2C(=O)C[C@H](N3CCN(c4ccc(Cl)cc4)CC3)C2=O)c(C)c1. The molecule has 28 heavy (non-hydrogen) atoms. The van der Waals surface area contributed by atoms with E-state index in [1.807, 2.05) is 56.3 Å². The van der Waals surface area contributed by atoms with Gasteiger partial charge in [-0.15, -0.1) is 0 Å². The standard InChI is InChI=1S/C22H24ClN3O2/c1-15-3-8-19(16(2)13-15)26-21(27)14-20(22(26)28)25-11-9-24(10-12-25)18-6-4-17(23)5-7-18/h3-8,13,20H,9-12,14H2,1-2H3/t20-/m0/s1. The molecule has 0 aromatic heterocycles. The zero-order chi connectivity index (χ0) is 19.8. The summed E-state index contributed by atoms with van der Waals surface area (Å²) in [6.45, 7) is 7.11. The highest BCUT2D eigenvalue weighted by atomic mass is 35.5. The predicted octanol–water partition coefficient (Wildman–Crippen LogP) is 3.41. The van der Waals surface area contributed by atoms with E-state index in [1.54, 1.807) is 0 Å². The fourth-order valence-corrected chi connectivity index (χ4v) is 4.28. The molecule has 2 fully saturated rings. The molecule has 0 N–H and O–H groups in total. The van der Waals surface area contributed by atoms with Gasteiger partial charge < -0.3 is 4.90 Å². The summed E-state index contributed by atoms with van der Waals surface area (Å²) in [4.78, 5) is 31.5. The normalized spacial score (nSPS) is 20.9. The molecule has 0 spiro atoms. The Kier molecular flexibility index (Phi) is 5.13. The number of hydrogen-bond acceptors (Lipinski definition) is 4.